The van der Waals surface area contributed by atoms with E-state index in [2.05, 4.69) is 4.98 Å². The van der Waals surface area contributed by atoms with Crippen molar-refractivity contribution >= 4 is 6.09 Å². The van der Waals surface area contributed by atoms with Gasteiger partial charge in [-0.25, -0.2) is 9.78 Å². The first-order chi connectivity index (χ1) is 18.0. The van der Waals surface area contributed by atoms with Gasteiger partial charge in [0.1, 0.15) is 36.0 Å². The molecule has 0 N–H and O–H groups in total. The lowest BCUT2D eigenvalue weighted by molar-refractivity contribution is -0.139. The van der Waals surface area contributed by atoms with E-state index >= 15 is 0 Å². The topological polar surface area (TPSA) is 74.0 Å². The van der Waals surface area contributed by atoms with Gasteiger partial charge in [-0.1, -0.05) is 30.3 Å². The third-order valence-electron chi connectivity index (χ3n) is 5.87. The number of oxazole rings is 1. The van der Waals surface area contributed by atoms with Crippen LogP contribution < -0.4 is 4.74 Å². The molecule has 38 heavy (non-hydrogen) atoms. The molecule has 1 fully saturated rings. The Kier molecular flexibility index (Phi) is 8.30. The maximum Gasteiger partial charge on any atom is 0.419 e. The number of nitrogens with zero attached hydrogens (tertiary/aromatic N) is 2. The first-order valence-electron chi connectivity index (χ1n) is 12.4. The minimum Gasteiger partial charge on any atom is -0.491 e. The summed E-state index contributed by atoms with van der Waals surface area (Å²) >= 11 is 0. The third-order valence-corrected chi connectivity index (χ3v) is 5.87. The van der Waals surface area contributed by atoms with Gasteiger partial charge in [0, 0.05) is 12.1 Å². The van der Waals surface area contributed by atoms with Crippen LogP contribution in [0.3, 0.4) is 0 Å². The smallest absolute Gasteiger partial charge is 0.419 e. The summed E-state index contributed by atoms with van der Waals surface area (Å²) in [6.07, 6.45) is -2.46. The second-order valence-electron chi connectivity index (χ2n) is 10.00. The van der Waals surface area contributed by atoms with E-state index in [1.54, 1.807) is 25.7 Å². The van der Waals surface area contributed by atoms with Crippen molar-refractivity contribution in [3.8, 4) is 17.0 Å². The van der Waals surface area contributed by atoms with Crippen LogP contribution in [0.15, 0.2) is 59.2 Å². The van der Waals surface area contributed by atoms with E-state index in [0.29, 0.717) is 19.6 Å². The number of aromatic nitrogens is 1. The Balaban J connectivity index is 1.43. The molecule has 1 aliphatic rings. The molecule has 1 atom stereocenters. The lowest BCUT2D eigenvalue weighted by Gasteiger charge is -2.27. The Morgan fingerprint density at radius 1 is 1.11 bits per heavy atom. The van der Waals surface area contributed by atoms with E-state index in [1.165, 1.54) is 18.4 Å². The minimum absolute atomic E-state index is 0.0362. The molecule has 204 valence electrons. The molecule has 3 aromatic rings. The number of amides is 1. The summed E-state index contributed by atoms with van der Waals surface area (Å²) < 4.78 is 63.6. The van der Waals surface area contributed by atoms with Crippen molar-refractivity contribution in [3.63, 3.8) is 0 Å². The monoisotopic (exact) mass is 532 g/mol. The van der Waals surface area contributed by atoms with Gasteiger partial charge in [-0.15, -0.1) is 0 Å². The maximum absolute atomic E-state index is 13.9. The summed E-state index contributed by atoms with van der Waals surface area (Å²) in [4.78, 5) is 18.6. The van der Waals surface area contributed by atoms with Crippen molar-refractivity contribution in [2.75, 3.05) is 19.8 Å². The van der Waals surface area contributed by atoms with E-state index in [4.69, 9.17) is 18.6 Å². The number of hydrogen-bond acceptors (Lipinski definition) is 6. The zero-order valence-electron chi connectivity index (χ0n) is 21.6. The zero-order chi connectivity index (χ0) is 27.3. The van der Waals surface area contributed by atoms with Crippen LogP contribution >= 0.6 is 0 Å². The normalized spacial score (nSPS) is 16.1. The largest absolute Gasteiger partial charge is 0.491 e. The van der Waals surface area contributed by atoms with Gasteiger partial charge in [-0.2, -0.15) is 13.2 Å². The maximum atomic E-state index is 13.9. The Bertz CT molecular complexity index is 1220. The van der Waals surface area contributed by atoms with E-state index in [0.717, 1.165) is 18.1 Å². The van der Waals surface area contributed by atoms with Crippen LogP contribution in [0.2, 0.25) is 0 Å². The number of ether oxygens (including phenoxy) is 3. The molecule has 1 saturated heterocycles. The predicted octanol–water partition coefficient (Wildman–Crippen LogP) is 7.03. The number of carbonyl (C=O) groups excluding carboxylic acids is 1. The molecule has 2 heterocycles. The van der Waals surface area contributed by atoms with Crippen molar-refractivity contribution in [1.82, 2.24) is 9.88 Å². The highest BCUT2D eigenvalue weighted by atomic mass is 19.4. The third kappa shape index (κ3) is 7.06. The van der Waals surface area contributed by atoms with Crippen LogP contribution in [-0.2, 0) is 22.3 Å². The molecule has 0 bridgehead atoms. The second kappa shape index (κ2) is 11.5. The van der Waals surface area contributed by atoms with Crippen LogP contribution in [-0.4, -0.2) is 41.3 Å². The molecule has 0 unspecified atom stereocenters. The molecular weight excluding hydrogens is 501 g/mol. The molecular formula is C28H31F3N2O5. The molecule has 2 aromatic carbocycles. The predicted molar refractivity (Wildman–Crippen MR) is 133 cm³/mol. The van der Waals surface area contributed by atoms with Crippen LogP contribution in [0.1, 0.15) is 56.7 Å². The fourth-order valence-corrected chi connectivity index (χ4v) is 4.15. The minimum atomic E-state index is -4.64. The number of halogens is 3. The Morgan fingerprint density at radius 3 is 2.58 bits per heavy atom. The van der Waals surface area contributed by atoms with Crippen LogP contribution in [0.5, 0.6) is 5.75 Å². The first kappa shape index (κ1) is 27.5. The summed E-state index contributed by atoms with van der Waals surface area (Å²) in [6, 6.07) is 12.8. The summed E-state index contributed by atoms with van der Waals surface area (Å²) in [5.41, 5.74) is -0.149. The van der Waals surface area contributed by atoms with Gasteiger partial charge in [0.25, 0.3) is 0 Å². The Morgan fingerprint density at radius 2 is 1.87 bits per heavy atom. The summed E-state index contributed by atoms with van der Waals surface area (Å²) in [6.45, 7) is 6.27. The fraction of sp³-hybridized carbons (Fsp3) is 0.429. The van der Waals surface area contributed by atoms with Gasteiger partial charge in [0.15, 0.2) is 0 Å². The van der Waals surface area contributed by atoms with Crippen LogP contribution in [0, 0.1) is 0 Å². The number of hydrogen-bond donors (Lipinski definition) is 0. The van der Waals surface area contributed by atoms with E-state index < -0.39 is 29.5 Å². The van der Waals surface area contributed by atoms with E-state index in [9.17, 15) is 18.0 Å². The highest BCUT2D eigenvalue weighted by Gasteiger charge is 2.37. The van der Waals surface area contributed by atoms with E-state index in [1.807, 2.05) is 30.3 Å². The summed E-state index contributed by atoms with van der Waals surface area (Å²) in [5, 5.41) is 0. The van der Waals surface area contributed by atoms with Gasteiger partial charge in [0.2, 0.25) is 5.89 Å². The van der Waals surface area contributed by atoms with Crippen molar-refractivity contribution in [1.29, 1.82) is 0 Å². The second-order valence-corrected chi connectivity index (χ2v) is 10.00. The molecule has 1 aromatic heterocycles. The average molecular weight is 533 g/mol. The molecule has 0 saturated carbocycles. The zero-order valence-corrected chi connectivity index (χ0v) is 21.6. The SMILES string of the molecule is CC(C)(C)OC(=O)N1CCC[C@H]1c1nc(-c2ccc(OCCOCc3ccccc3)c(C(F)(F)F)c2)co1. The van der Waals surface area contributed by atoms with Crippen LogP contribution in [0.25, 0.3) is 11.3 Å². The molecule has 7 nitrogen and oxygen atoms in total. The first-order valence-corrected chi connectivity index (χ1v) is 12.4. The standard InChI is InChI=1S/C28H31F3N2O5/c1-27(2,3)38-26(34)33-13-7-10-23(33)25-32-22(18-37-25)20-11-12-24(21(16-20)28(29,30)31)36-15-14-35-17-19-8-5-4-6-9-19/h4-6,8-9,11-12,16,18,23H,7,10,13-15,17H2,1-3H3/t23-/m0/s1. The quantitative estimate of drug-likeness (QED) is 0.290. The number of rotatable bonds is 8. The molecule has 4 rings (SSSR count). The lowest BCUT2D eigenvalue weighted by atomic mass is 10.1. The van der Waals surface area contributed by atoms with Crippen molar-refractivity contribution in [3.05, 3.63) is 71.8 Å². The van der Waals surface area contributed by atoms with Crippen molar-refractivity contribution < 1.29 is 36.6 Å². The number of alkyl halides is 3. The van der Waals surface area contributed by atoms with Gasteiger partial charge in [0.05, 0.1) is 18.8 Å². The van der Waals surface area contributed by atoms with Crippen LogP contribution in [0.4, 0.5) is 18.0 Å². The number of carbonyl (C=O) groups is 1. The van der Waals surface area contributed by atoms with Gasteiger partial charge in [-0.3, -0.25) is 4.90 Å². The summed E-state index contributed by atoms with van der Waals surface area (Å²) in [7, 11) is 0. The summed E-state index contributed by atoms with van der Waals surface area (Å²) in [5.74, 6) is -0.0343. The van der Waals surface area contributed by atoms with Crippen molar-refractivity contribution in [2.24, 2.45) is 0 Å². The highest BCUT2D eigenvalue weighted by Crippen LogP contribution is 2.40. The molecule has 1 aliphatic heterocycles. The number of likely N-dealkylation sites (tertiary alicyclic amines) is 1. The molecule has 0 radical (unpaired) electrons. The Hall–Kier alpha value is -3.53. The molecule has 0 spiro atoms. The van der Waals surface area contributed by atoms with E-state index in [-0.39, 0.29) is 36.1 Å². The fourth-order valence-electron chi connectivity index (χ4n) is 4.15. The lowest BCUT2D eigenvalue weighted by Crippen LogP contribution is -2.36. The van der Waals surface area contributed by atoms with Gasteiger partial charge in [-0.05, 0) is 57.4 Å². The number of benzene rings is 2. The average Bonchev–Trinajstić information content (AvgIpc) is 3.53. The van der Waals surface area contributed by atoms with Gasteiger partial charge >= 0.3 is 12.3 Å². The van der Waals surface area contributed by atoms with Crippen molar-refractivity contribution in [2.45, 2.75) is 58.0 Å². The highest BCUT2D eigenvalue weighted by molar-refractivity contribution is 5.69. The van der Waals surface area contributed by atoms with Gasteiger partial charge < -0.3 is 18.6 Å². The Labute approximate surface area is 219 Å². The molecule has 10 heteroatoms. The molecule has 1 amide bonds. The molecule has 0 aliphatic carbocycles.